The van der Waals surface area contributed by atoms with Crippen molar-refractivity contribution in [2.75, 3.05) is 0 Å². The quantitative estimate of drug-likeness (QED) is 0.406. The highest BCUT2D eigenvalue weighted by Crippen LogP contribution is 2.28. The number of aromatic amines is 1. The van der Waals surface area contributed by atoms with Crippen LogP contribution >= 0.6 is 0 Å². The number of benzene rings is 1. The van der Waals surface area contributed by atoms with E-state index in [1.54, 1.807) is 20.0 Å². The largest absolute Gasteiger partial charge is 0.494 e. The number of fused-ring (bicyclic) bond motifs is 1. The summed E-state index contributed by atoms with van der Waals surface area (Å²) >= 11 is 0. The minimum absolute atomic E-state index is 0.00506. The fourth-order valence-corrected chi connectivity index (χ4v) is 2.77. The molecule has 0 spiro atoms. The molecule has 2 N–H and O–H groups in total. The molecular formula is C16H11BF4N6O. The van der Waals surface area contributed by atoms with E-state index in [0.717, 1.165) is 0 Å². The van der Waals surface area contributed by atoms with Gasteiger partial charge in [0.15, 0.2) is 19.3 Å². The van der Waals surface area contributed by atoms with Gasteiger partial charge in [-0.25, -0.2) is 19.3 Å². The summed E-state index contributed by atoms with van der Waals surface area (Å²) in [6.07, 6.45) is -3.42. The molecule has 0 amide bonds. The highest BCUT2D eigenvalue weighted by atomic mass is 19.4. The van der Waals surface area contributed by atoms with E-state index in [9.17, 15) is 22.7 Å². The third kappa shape index (κ3) is 3.06. The zero-order valence-corrected chi connectivity index (χ0v) is 14.3. The summed E-state index contributed by atoms with van der Waals surface area (Å²) in [4.78, 5) is 11.9. The molecular weight excluding hydrogens is 379 g/mol. The summed E-state index contributed by atoms with van der Waals surface area (Å²) in [5, 5.41) is 15.6. The van der Waals surface area contributed by atoms with Gasteiger partial charge in [-0.15, -0.1) is 5.10 Å². The van der Waals surface area contributed by atoms with Crippen molar-refractivity contribution < 1.29 is 22.7 Å². The predicted octanol–water partition coefficient (Wildman–Crippen LogP) is 1.23. The molecule has 4 rings (SSSR count). The van der Waals surface area contributed by atoms with Gasteiger partial charge in [0.05, 0.1) is 11.3 Å². The van der Waals surface area contributed by atoms with Crippen LogP contribution in [0.25, 0.3) is 17.2 Å². The number of halogens is 4. The van der Waals surface area contributed by atoms with Crippen LogP contribution in [-0.4, -0.2) is 42.5 Å². The monoisotopic (exact) mass is 390 g/mol. The third-order valence-electron chi connectivity index (χ3n) is 4.12. The first-order valence-electron chi connectivity index (χ1n) is 8.05. The van der Waals surface area contributed by atoms with Gasteiger partial charge in [0.1, 0.15) is 11.5 Å². The Morgan fingerprint density at radius 1 is 1.14 bits per heavy atom. The number of nitrogens with zero attached hydrogens (tertiary/aromatic N) is 5. The molecule has 4 aromatic rings. The Balaban J connectivity index is 1.88. The Hall–Kier alpha value is -3.44. The molecule has 142 valence electrons. The summed E-state index contributed by atoms with van der Waals surface area (Å²) in [5.74, 6) is -2.25. The van der Waals surface area contributed by atoms with E-state index in [1.165, 1.54) is 22.7 Å². The van der Waals surface area contributed by atoms with Crippen molar-refractivity contribution in [3.63, 3.8) is 0 Å². The summed E-state index contributed by atoms with van der Waals surface area (Å²) < 4.78 is 53.7. The van der Waals surface area contributed by atoms with Crippen LogP contribution in [0.2, 0.25) is 0 Å². The Labute approximate surface area is 155 Å². The zero-order chi connectivity index (χ0) is 20.1. The van der Waals surface area contributed by atoms with Crippen molar-refractivity contribution in [2.45, 2.75) is 12.6 Å². The van der Waals surface area contributed by atoms with Crippen molar-refractivity contribution >= 4 is 19.1 Å². The summed E-state index contributed by atoms with van der Waals surface area (Å²) in [5.41, 5.74) is 1.13. The smallest absolute Gasteiger partial charge is 0.453 e. The average molecular weight is 390 g/mol. The van der Waals surface area contributed by atoms with Gasteiger partial charge in [-0.05, 0) is 11.6 Å². The van der Waals surface area contributed by atoms with E-state index < -0.39 is 17.8 Å². The standard InChI is InChI=1S/C16H11BF4N6O/c17-11-14(28)27-6-10(12-24-15(26-25-12)16(19,20)21)22-9(13(27)23-11)5-7-3-1-2-4-8(7)18/h1-4,6,28H,5,17H2,(H,24,25,26). The Bertz CT molecular complexity index is 1190. The lowest BCUT2D eigenvalue weighted by molar-refractivity contribution is -0.144. The number of nitrogens with one attached hydrogen (secondary N) is 1. The minimum Gasteiger partial charge on any atom is -0.494 e. The molecule has 0 bridgehead atoms. The van der Waals surface area contributed by atoms with E-state index in [4.69, 9.17) is 0 Å². The second-order valence-electron chi connectivity index (χ2n) is 6.06. The molecule has 0 saturated carbocycles. The number of aromatic hydroxyl groups is 1. The van der Waals surface area contributed by atoms with E-state index in [1.807, 2.05) is 0 Å². The maximum atomic E-state index is 14.1. The first-order valence-corrected chi connectivity index (χ1v) is 8.05. The van der Waals surface area contributed by atoms with Crippen molar-refractivity contribution in [3.05, 3.63) is 53.4 Å². The molecule has 1 aromatic carbocycles. The molecule has 0 radical (unpaired) electrons. The number of alkyl halides is 3. The summed E-state index contributed by atoms with van der Waals surface area (Å²) in [6, 6.07) is 6.04. The van der Waals surface area contributed by atoms with Crippen LogP contribution in [0, 0.1) is 5.82 Å². The van der Waals surface area contributed by atoms with Gasteiger partial charge in [-0.1, -0.05) is 18.2 Å². The third-order valence-corrected chi connectivity index (χ3v) is 4.12. The molecule has 0 aliphatic heterocycles. The van der Waals surface area contributed by atoms with Gasteiger partial charge in [-0.2, -0.15) is 13.2 Å². The highest BCUT2D eigenvalue weighted by Gasteiger charge is 2.36. The topological polar surface area (TPSA) is 92.0 Å². The van der Waals surface area contributed by atoms with Gasteiger partial charge in [-0.3, -0.25) is 9.50 Å². The average Bonchev–Trinajstić information content (AvgIpc) is 3.24. The molecule has 7 nitrogen and oxygen atoms in total. The predicted molar refractivity (Wildman–Crippen MR) is 92.4 cm³/mol. The molecule has 12 heteroatoms. The molecule has 28 heavy (non-hydrogen) atoms. The number of hydrogen-bond acceptors (Lipinski definition) is 5. The molecule has 0 aliphatic rings. The van der Waals surface area contributed by atoms with Crippen molar-refractivity contribution in [1.82, 2.24) is 29.5 Å². The number of hydrogen-bond donors (Lipinski definition) is 2. The second kappa shape index (κ2) is 6.32. The first kappa shape index (κ1) is 18.0. The lowest BCUT2D eigenvalue weighted by Gasteiger charge is -2.07. The molecule has 3 aromatic heterocycles. The van der Waals surface area contributed by atoms with Crippen molar-refractivity contribution in [1.29, 1.82) is 0 Å². The fourth-order valence-electron chi connectivity index (χ4n) is 2.77. The van der Waals surface area contributed by atoms with E-state index in [2.05, 4.69) is 25.1 Å². The SMILES string of the molecule is Bc1nc2c(Cc3ccccc3F)nc(-c3nc(C(F)(F)F)n[nH]3)cn2c1O. The van der Waals surface area contributed by atoms with Crippen LogP contribution in [0.5, 0.6) is 5.88 Å². The van der Waals surface area contributed by atoms with Crippen molar-refractivity contribution in [3.8, 4) is 17.4 Å². The van der Waals surface area contributed by atoms with E-state index in [0.29, 0.717) is 11.2 Å². The van der Waals surface area contributed by atoms with Crippen LogP contribution in [0.1, 0.15) is 17.1 Å². The molecule has 0 unspecified atom stereocenters. The molecule has 0 fully saturated rings. The van der Waals surface area contributed by atoms with Crippen LogP contribution in [-0.2, 0) is 12.6 Å². The molecule has 3 heterocycles. The van der Waals surface area contributed by atoms with Gasteiger partial charge >= 0.3 is 6.18 Å². The number of H-pyrrole nitrogens is 1. The van der Waals surface area contributed by atoms with Crippen LogP contribution in [0.15, 0.2) is 30.5 Å². The zero-order valence-electron chi connectivity index (χ0n) is 14.3. The lowest BCUT2D eigenvalue weighted by atomic mass is 10.1. The van der Waals surface area contributed by atoms with E-state index >= 15 is 0 Å². The number of imidazole rings is 1. The van der Waals surface area contributed by atoms with Gasteiger partial charge < -0.3 is 5.11 Å². The summed E-state index contributed by atoms with van der Waals surface area (Å²) in [6.45, 7) is 0. The van der Waals surface area contributed by atoms with Crippen LogP contribution < -0.4 is 5.59 Å². The molecule has 0 atom stereocenters. The van der Waals surface area contributed by atoms with E-state index in [-0.39, 0.29) is 35.2 Å². The maximum Gasteiger partial charge on any atom is 0.453 e. The van der Waals surface area contributed by atoms with Gasteiger partial charge in [0.2, 0.25) is 5.88 Å². The van der Waals surface area contributed by atoms with Crippen LogP contribution in [0.3, 0.4) is 0 Å². The highest BCUT2D eigenvalue weighted by molar-refractivity contribution is 6.32. The van der Waals surface area contributed by atoms with Gasteiger partial charge in [0, 0.05) is 12.6 Å². The van der Waals surface area contributed by atoms with Crippen LogP contribution in [0.4, 0.5) is 17.6 Å². The fraction of sp³-hybridized carbons (Fsp3) is 0.125. The van der Waals surface area contributed by atoms with Crippen molar-refractivity contribution in [2.24, 2.45) is 0 Å². The summed E-state index contributed by atoms with van der Waals surface area (Å²) in [7, 11) is 1.56. The number of aromatic nitrogens is 6. The second-order valence-corrected chi connectivity index (χ2v) is 6.06. The molecule has 0 aliphatic carbocycles. The Morgan fingerprint density at radius 2 is 1.89 bits per heavy atom. The van der Waals surface area contributed by atoms with Gasteiger partial charge in [0.25, 0.3) is 5.82 Å². The Kier molecular flexibility index (Phi) is 4.05. The number of rotatable bonds is 3. The molecule has 0 saturated heterocycles. The first-order chi connectivity index (χ1) is 13.2. The normalized spacial score (nSPS) is 12.0. The maximum absolute atomic E-state index is 14.1. The lowest BCUT2D eigenvalue weighted by Crippen LogP contribution is -2.07. The minimum atomic E-state index is -4.72. The Morgan fingerprint density at radius 3 is 2.57 bits per heavy atom.